The second kappa shape index (κ2) is 11.3. The van der Waals surface area contributed by atoms with E-state index in [0.717, 1.165) is 44.3 Å². The lowest BCUT2D eigenvalue weighted by Gasteiger charge is -2.33. The molecule has 2 fully saturated rings. The summed E-state index contributed by atoms with van der Waals surface area (Å²) in [5.74, 6) is 2.02. The van der Waals surface area contributed by atoms with Gasteiger partial charge in [-0.2, -0.15) is 4.80 Å². The van der Waals surface area contributed by atoms with Gasteiger partial charge in [0.05, 0.1) is 6.10 Å². The van der Waals surface area contributed by atoms with Crippen molar-refractivity contribution in [3.8, 4) is 11.6 Å². The summed E-state index contributed by atoms with van der Waals surface area (Å²) in [6.07, 6.45) is 6.81. The first-order valence-electron chi connectivity index (χ1n) is 13.1. The minimum Gasteiger partial charge on any atom is -0.464 e. The Morgan fingerprint density at radius 3 is 2.51 bits per heavy atom. The molecular formula is C26H34N6O5. The highest BCUT2D eigenvalue weighted by Crippen LogP contribution is 2.28. The number of aryl methyl sites for hydroxylation is 2. The molecule has 4 heterocycles. The minimum absolute atomic E-state index is 0.0933. The van der Waals surface area contributed by atoms with Gasteiger partial charge in [0.2, 0.25) is 11.7 Å². The predicted octanol–water partition coefficient (Wildman–Crippen LogP) is 3.34. The number of amides is 2. The highest BCUT2D eigenvalue weighted by molar-refractivity contribution is 5.88. The second-order valence-electron chi connectivity index (χ2n) is 9.93. The molecular weight excluding hydrogens is 476 g/mol. The Morgan fingerprint density at radius 2 is 1.84 bits per heavy atom. The molecule has 1 saturated heterocycles. The lowest BCUT2D eigenvalue weighted by atomic mass is 9.95. The van der Waals surface area contributed by atoms with Gasteiger partial charge in [0.25, 0.3) is 5.91 Å². The van der Waals surface area contributed by atoms with Crippen LogP contribution in [0.15, 0.2) is 33.1 Å². The van der Waals surface area contributed by atoms with Crippen LogP contribution in [0.5, 0.6) is 0 Å². The number of rotatable bonds is 9. The van der Waals surface area contributed by atoms with Gasteiger partial charge in [-0.15, -0.1) is 10.2 Å². The van der Waals surface area contributed by atoms with Gasteiger partial charge < -0.3 is 23.8 Å². The SMILES string of the molecule is Cc1ccc(-c2nnn(CC(=O)N(CC3CCCO3)C(C(=O)NC3CCCCC3)c3ccc(C)o3)n2)o1. The third kappa shape index (κ3) is 6.10. The van der Waals surface area contributed by atoms with Crippen LogP contribution in [0.4, 0.5) is 0 Å². The Balaban J connectivity index is 1.40. The van der Waals surface area contributed by atoms with Crippen molar-refractivity contribution in [3.63, 3.8) is 0 Å². The molecule has 3 aromatic heterocycles. The van der Waals surface area contributed by atoms with Crippen LogP contribution in [0.25, 0.3) is 11.6 Å². The molecule has 198 valence electrons. The summed E-state index contributed by atoms with van der Waals surface area (Å²) in [4.78, 5) is 30.3. The summed E-state index contributed by atoms with van der Waals surface area (Å²) in [5, 5.41) is 15.6. The van der Waals surface area contributed by atoms with E-state index in [0.29, 0.717) is 29.7 Å². The summed E-state index contributed by atoms with van der Waals surface area (Å²) >= 11 is 0. The fourth-order valence-corrected chi connectivity index (χ4v) is 5.09. The third-order valence-corrected chi connectivity index (χ3v) is 6.98. The summed E-state index contributed by atoms with van der Waals surface area (Å²) in [6.45, 7) is 4.37. The molecule has 2 aliphatic rings. The van der Waals surface area contributed by atoms with E-state index in [-0.39, 0.29) is 37.0 Å². The lowest BCUT2D eigenvalue weighted by molar-refractivity contribution is -0.144. The first-order valence-corrected chi connectivity index (χ1v) is 13.1. The van der Waals surface area contributed by atoms with Gasteiger partial charge in [0, 0.05) is 19.2 Å². The zero-order valence-electron chi connectivity index (χ0n) is 21.4. The van der Waals surface area contributed by atoms with Crippen molar-refractivity contribution in [1.29, 1.82) is 0 Å². The molecule has 0 radical (unpaired) electrons. The van der Waals surface area contributed by atoms with Crippen molar-refractivity contribution in [2.24, 2.45) is 0 Å². The van der Waals surface area contributed by atoms with Gasteiger partial charge in [0.1, 0.15) is 23.8 Å². The van der Waals surface area contributed by atoms with Crippen LogP contribution in [0.2, 0.25) is 0 Å². The summed E-state index contributed by atoms with van der Waals surface area (Å²) in [6, 6.07) is 6.31. The Bertz CT molecular complexity index is 1200. The lowest BCUT2D eigenvalue weighted by Crippen LogP contribution is -2.49. The van der Waals surface area contributed by atoms with Gasteiger partial charge in [-0.3, -0.25) is 9.59 Å². The number of ether oxygens (including phenoxy) is 1. The maximum atomic E-state index is 13.8. The van der Waals surface area contributed by atoms with E-state index < -0.39 is 6.04 Å². The molecule has 2 unspecified atom stereocenters. The number of hydrogen-bond donors (Lipinski definition) is 1. The van der Waals surface area contributed by atoms with Crippen LogP contribution < -0.4 is 5.32 Å². The van der Waals surface area contributed by atoms with Crippen LogP contribution in [-0.2, 0) is 20.9 Å². The maximum absolute atomic E-state index is 13.8. The van der Waals surface area contributed by atoms with E-state index in [1.54, 1.807) is 17.0 Å². The average molecular weight is 511 g/mol. The summed E-state index contributed by atoms with van der Waals surface area (Å²) in [5.41, 5.74) is 0. The number of nitrogens with one attached hydrogen (secondary N) is 1. The van der Waals surface area contributed by atoms with Gasteiger partial charge in [0.15, 0.2) is 11.8 Å². The van der Waals surface area contributed by atoms with E-state index in [1.807, 2.05) is 26.0 Å². The molecule has 2 amide bonds. The van der Waals surface area contributed by atoms with Crippen molar-refractivity contribution in [3.05, 3.63) is 41.5 Å². The molecule has 0 bridgehead atoms. The molecule has 1 N–H and O–H groups in total. The summed E-state index contributed by atoms with van der Waals surface area (Å²) in [7, 11) is 0. The molecule has 5 rings (SSSR count). The molecule has 3 aromatic rings. The van der Waals surface area contributed by atoms with Crippen LogP contribution in [0.3, 0.4) is 0 Å². The molecule has 1 saturated carbocycles. The number of aromatic nitrogens is 4. The first-order chi connectivity index (χ1) is 18.0. The van der Waals surface area contributed by atoms with Crippen molar-refractivity contribution < 1.29 is 23.2 Å². The fourth-order valence-electron chi connectivity index (χ4n) is 5.09. The molecule has 2 atom stereocenters. The monoisotopic (exact) mass is 510 g/mol. The van der Waals surface area contributed by atoms with Crippen molar-refractivity contribution in [2.75, 3.05) is 13.2 Å². The topological polar surface area (TPSA) is 129 Å². The number of tetrazole rings is 1. The Labute approximate surface area is 215 Å². The van der Waals surface area contributed by atoms with E-state index >= 15 is 0 Å². The Kier molecular flexibility index (Phi) is 7.68. The van der Waals surface area contributed by atoms with E-state index in [1.165, 1.54) is 11.2 Å². The van der Waals surface area contributed by atoms with Crippen LogP contribution in [-0.4, -0.2) is 62.2 Å². The molecule has 0 aromatic carbocycles. The standard InChI is InChI=1S/C26H34N6O5/c1-17-10-12-21(36-17)24(26(34)27-19-7-4-3-5-8-19)31(15-20-9-6-14-35-20)23(33)16-32-29-25(28-30-32)22-13-11-18(2)37-22/h10-13,19-20,24H,3-9,14-16H2,1-2H3,(H,27,34). The second-order valence-corrected chi connectivity index (χ2v) is 9.93. The number of carbonyl (C=O) groups is 2. The molecule has 11 heteroatoms. The highest BCUT2D eigenvalue weighted by atomic mass is 16.5. The molecule has 11 nitrogen and oxygen atoms in total. The van der Waals surface area contributed by atoms with Crippen molar-refractivity contribution >= 4 is 11.8 Å². The number of hydrogen-bond acceptors (Lipinski definition) is 8. The summed E-state index contributed by atoms with van der Waals surface area (Å²) < 4.78 is 17.3. The third-order valence-electron chi connectivity index (χ3n) is 6.98. The van der Waals surface area contributed by atoms with Gasteiger partial charge >= 0.3 is 0 Å². The minimum atomic E-state index is -0.928. The smallest absolute Gasteiger partial charge is 0.250 e. The first kappa shape index (κ1) is 25.2. The van der Waals surface area contributed by atoms with Gasteiger partial charge in [-0.25, -0.2) is 0 Å². The molecule has 1 aliphatic heterocycles. The highest BCUT2D eigenvalue weighted by Gasteiger charge is 2.37. The van der Waals surface area contributed by atoms with Gasteiger partial charge in [-0.05, 0) is 69.0 Å². The van der Waals surface area contributed by atoms with E-state index in [9.17, 15) is 9.59 Å². The molecule has 37 heavy (non-hydrogen) atoms. The number of nitrogens with zero attached hydrogens (tertiary/aromatic N) is 5. The Morgan fingerprint density at radius 1 is 1.05 bits per heavy atom. The van der Waals surface area contributed by atoms with Crippen molar-refractivity contribution in [2.45, 2.75) is 83.5 Å². The Hall–Kier alpha value is -3.47. The number of furan rings is 2. The van der Waals surface area contributed by atoms with Crippen LogP contribution in [0, 0.1) is 13.8 Å². The quantitative estimate of drug-likeness (QED) is 0.464. The zero-order valence-corrected chi connectivity index (χ0v) is 21.4. The van der Waals surface area contributed by atoms with Crippen molar-refractivity contribution in [1.82, 2.24) is 30.4 Å². The fraction of sp³-hybridized carbons (Fsp3) is 0.577. The van der Waals surface area contributed by atoms with Crippen LogP contribution in [0.1, 0.15) is 68.3 Å². The maximum Gasteiger partial charge on any atom is 0.250 e. The van der Waals surface area contributed by atoms with Gasteiger partial charge in [-0.1, -0.05) is 19.3 Å². The average Bonchev–Trinajstić information content (AvgIpc) is 3.69. The molecule has 0 spiro atoms. The number of carbonyl (C=O) groups excluding carboxylic acids is 2. The van der Waals surface area contributed by atoms with E-state index in [4.69, 9.17) is 13.6 Å². The zero-order chi connectivity index (χ0) is 25.8. The normalized spacial score (nSPS) is 19.1. The van der Waals surface area contributed by atoms with Crippen LogP contribution >= 0.6 is 0 Å². The largest absolute Gasteiger partial charge is 0.464 e. The molecule has 1 aliphatic carbocycles. The van der Waals surface area contributed by atoms with E-state index in [2.05, 4.69) is 20.7 Å². The predicted molar refractivity (Wildman–Crippen MR) is 132 cm³/mol.